The van der Waals surface area contributed by atoms with Crippen LogP contribution in [-0.2, 0) is 25.5 Å². The molecule has 5 heteroatoms. The maximum atomic E-state index is 13.1. The molecule has 1 aromatic rings. The van der Waals surface area contributed by atoms with Crippen LogP contribution in [0.3, 0.4) is 0 Å². The average molecular weight is 332 g/mol. The van der Waals surface area contributed by atoms with Gasteiger partial charge in [0.2, 0.25) is 5.78 Å². The summed E-state index contributed by atoms with van der Waals surface area (Å²) >= 11 is 0. The number of esters is 2. The van der Waals surface area contributed by atoms with Gasteiger partial charge in [-0.1, -0.05) is 12.1 Å². The molecule has 5 nitrogen and oxygen atoms in total. The van der Waals surface area contributed by atoms with Crippen LogP contribution < -0.4 is 0 Å². The number of ether oxygens (including phenoxy) is 2. The summed E-state index contributed by atoms with van der Waals surface area (Å²) in [5.74, 6) is -1.62. The normalized spacial score (nSPS) is 20.3. The second-order valence-electron chi connectivity index (χ2n) is 6.95. The van der Waals surface area contributed by atoms with E-state index in [0.717, 1.165) is 16.7 Å². The van der Waals surface area contributed by atoms with Gasteiger partial charge in [0.1, 0.15) is 5.60 Å². The van der Waals surface area contributed by atoms with Crippen molar-refractivity contribution in [2.45, 2.75) is 59.7 Å². The number of benzene rings is 1. The van der Waals surface area contributed by atoms with Gasteiger partial charge in [0, 0.05) is 25.3 Å². The number of carbonyl (C=O) groups excluding carboxylic acids is 3. The van der Waals surface area contributed by atoms with Gasteiger partial charge >= 0.3 is 11.9 Å². The molecular weight excluding hydrogens is 308 g/mol. The van der Waals surface area contributed by atoms with Crippen LogP contribution in [0.15, 0.2) is 12.1 Å². The minimum Gasteiger partial charge on any atom is -0.459 e. The zero-order chi connectivity index (χ0) is 18.2. The fourth-order valence-corrected chi connectivity index (χ4v) is 3.50. The van der Waals surface area contributed by atoms with E-state index in [4.69, 9.17) is 9.47 Å². The van der Waals surface area contributed by atoms with Gasteiger partial charge in [-0.2, -0.15) is 0 Å². The average Bonchev–Trinajstić information content (AvgIpc) is 2.43. The third kappa shape index (κ3) is 3.35. The molecule has 0 unspecified atom stereocenters. The lowest BCUT2D eigenvalue weighted by molar-refractivity contribution is -0.167. The molecule has 0 heterocycles. The second kappa shape index (κ2) is 6.38. The molecule has 0 amide bonds. The summed E-state index contributed by atoms with van der Waals surface area (Å²) in [4.78, 5) is 36.0. The van der Waals surface area contributed by atoms with Gasteiger partial charge in [-0.3, -0.25) is 14.4 Å². The number of aryl methyl sites for hydroxylation is 2. The van der Waals surface area contributed by atoms with Crippen molar-refractivity contribution in [1.82, 2.24) is 0 Å². The quantitative estimate of drug-likeness (QED) is 0.796. The summed E-state index contributed by atoms with van der Waals surface area (Å²) in [5, 5.41) is 0. The molecule has 0 aromatic heterocycles. The first-order valence-electron chi connectivity index (χ1n) is 8.04. The highest BCUT2D eigenvalue weighted by molar-refractivity contribution is 6.04. The lowest BCUT2D eigenvalue weighted by Crippen LogP contribution is -2.51. The van der Waals surface area contributed by atoms with E-state index in [1.165, 1.54) is 13.8 Å². The number of Topliss-reactive ketones (excluding diaryl/α,β-unsaturated/α-hetero) is 1. The Morgan fingerprint density at radius 2 is 1.67 bits per heavy atom. The van der Waals surface area contributed by atoms with E-state index in [2.05, 4.69) is 0 Å². The zero-order valence-corrected chi connectivity index (χ0v) is 15.1. The van der Waals surface area contributed by atoms with Crippen LogP contribution in [0.25, 0.3) is 0 Å². The smallest absolute Gasteiger partial charge is 0.303 e. The minimum absolute atomic E-state index is 0.224. The highest BCUT2D eigenvalue weighted by Gasteiger charge is 2.48. The third-order valence-corrected chi connectivity index (χ3v) is 4.64. The Morgan fingerprint density at radius 3 is 2.21 bits per heavy atom. The van der Waals surface area contributed by atoms with E-state index in [9.17, 15) is 14.4 Å². The highest BCUT2D eigenvalue weighted by atomic mass is 16.6. The van der Waals surface area contributed by atoms with Gasteiger partial charge in [-0.25, -0.2) is 0 Å². The van der Waals surface area contributed by atoms with E-state index in [0.29, 0.717) is 12.0 Å². The van der Waals surface area contributed by atoms with Crippen molar-refractivity contribution < 1.29 is 23.9 Å². The molecule has 1 aliphatic rings. The van der Waals surface area contributed by atoms with Crippen LogP contribution in [0.1, 0.15) is 54.7 Å². The number of hydrogen-bond donors (Lipinski definition) is 0. The molecule has 0 radical (unpaired) electrons. The third-order valence-electron chi connectivity index (χ3n) is 4.64. The fourth-order valence-electron chi connectivity index (χ4n) is 3.50. The predicted molar refractivity (Wildman–Crippen MR) is 88.8 cm³/mol. The summed E-state index contributed by atoms with van der Waals surface area (Å²) < 4.78 is 10.8. The van der Waals surface area contributed by atoms with Crippen LogP contribution >= 0.6 is 0 Å². The monoisotopic (exact) mass is 332 g/mol. The van der Waals surface area contributed by atoms with Gasteiger partial charge in [0.15, 0.2) is 6.10 Å². The van der Waals surface area contributed by atoms with Crippen LogP contribution in [0.4, 0.5) is 0 Å². The molecule has 0 saturated carbocycles. The molecule has 0 N–H and O–H groups in total. The van der Waals surface area contributed by atoms with Gasteiger partial charge in [-0.05, 0) is 50.8 Å². The maximum absolute atomic E-state index is 13.1. The van der Waals surface area contributed by atoms with Crippen molar-refractivity contribution in [2.75, 3.05) is 0 Å². The molecule has 0 spiro atoms. The maximum Gasteiger partial charge on any atom is 0.303 e. The molecule has 24 heavy (non-hydrogen) atoms. The van der Waals surface area contributed by atoms with E-state index < -0.39 is 29.6 Å². The van der Waals surface area contributed by atoms with Gasteiger partial charge in [0.05, 0.1) is 0 Å². The standard InChI is InChI=1S/C19H24O5/c1-10-7-8-11(2)16-14(10)9-15(19(5,6)24-13(4)21)18(17(16)22)23-12(3)20/h7-8,15,18H,9H2,1-6H3/t15-,18+/m0/s1. The molecule has 0 saturated heterocycles. The number of ketones is 1. The predicted octanol–water partition coefficient (Wildman–Crippen LogP) is 2.93. The number of carbonyl (C=O) groups is 3. The van der Waals surface area contributed by atoms with E-state index in [1.807, 2.05) is 26.0 Å². The van der Waals surface area contributed by atoms with Crippen molar-refractivity contribution in [2.24, 2.45) is 5.92 Å². The Bertz CT molecular complexity index is 702. The van der Waals surface area contributed by atoms with Crippen LogP contribution in [-0.4, -0.2) is 29.4 Å². The summed E-state index contributed by atoms with van der Waals surface area (Å²) in [5.41, 5.74) is 2.50. The Morgan fingerprint density at radius 1 is 1.08 bits per heavy atom. The van der Waals surface area contributed by atoms with Crippen molar-refractivity contribution in [3.05, 3.63) is 34.4 Å². The van der Waals surface area contributed by atoms with Crippen molar-refractivity contribution in [3.63, 3.8) is 0 Å². The Kier molecular flexibility index (Phi) is 4.83. The Labute approximate surface area is 142 Å². The van der Waals surface area contributed by atoms with Gasteiger partial charge in [0.25, 0.3) is 0 Å². The van der Waals surface area contributed by atoms with Gasteiger partial charge < -0.3 is 9.47 Å². The molecular formula is C19H24O5. The first kappa shape index (κ1) is 18.2. The lowest BCUT2D eigenvalue weighted by Gasteiger charge is -2.41. The lowest BCUT2D eigenvalue weighted by atomic mass is 9.71. The Balaban J connectivity index is 2.57. The van der Waals surface area contributed by atoms with E-state index in [-0.39, 0.29) is 5.78 Å². The summed E-state index contributed by atoms with van der Waals surface area (Å²) in [6.07, 6.45) is -0.447. The molecule has 1 aromatic carbocycles. The molecule has 2 rings (SSSR count). The van der Waals surface area contributed by atoms with Crippen molar-refractivity contribution in [3.8, 4) is 0 Å². The molecule has 0 fully saturated rings. The second-order valence-corrected chi connectivity index (χ2v) is 6.95. The zero-order valence-electron chi connectivity index (χ0n) is 15.1. The number of fused-ring (bicyclic) bond motifs is 1. The number of rotatable bonds is 3. The van der Waals surface area contributed by atoms with Crippen molar-refractivity contribution >= 4 is 17.7 Å². The molecule has 1 aliphatic carbocycles. The van der Waals surface area contributed by atoms with E-state index >= 15 is 0 Å². The molecule has 0 aliphatic heterocycles. The summed E-state index contributed by atoms with van der Waals surface area (Å²) in [6.45, 7) is 9.93. The molecule has 130 valence electrons. The van der Waals surface area contributed by atoms with Gasteiger partial charge in [-0.15, -0.1) is 0 Å². The SMILES string of the molecule is CC(=O)O[C@H]1C(=O)c2c(C)ccc(C)c2C[C@@H]1C(C)(C)OC(C)=O. The Hall–Kier alpha value is -2.17. The fraction of sp³-hybridized carbons (Fsp3) is 0.526. The number of hydrogen-bond acceptors (Lipinski definition) is 5. The molecule has 2 atom stereocenters. The van der Waals surface area contributed by atoms with E-state index in [1.54, 1.807) is 13.8 Å². The minimum atomic E-state index is -0.954. The first-order valence-corrected chi connectivity index (χ1v) is 8.04. The topological polar surface area (TPSA) is 69.7 Å². The summed E-state index contributed by atoms with van der Waals surface area (Å²) in [7, 11) is 0. The highest BCUT2D eigenvalue weighted by Crippen LogP contribution is 2.38. The largest absolute Gasteiger partial charge is 0.459 e. The van der Waals surface area contributed by atoms with Crippen LogP contribution in [0, 0.1) is 19.8 Å². The van der Waals surface area contributed by atoms with Crippen LogP contribution in [0.5, 0.6) is 0 Å². The van der Waals surface area contributed by atoms with Crippen LogP contribution in [0.2, 0.25) is 0 Å². The first-order chi connectivity index (χ1) is 11.0. The summed E-state index contributed by atoms with van der Waals surface area (Å²) in [6, 6.07) is 3.87. The van der Waals surface area contributed by atoms with Crippen molar-refractivity contribution in [1.29, 1.82) is 0 Å². The molecule has 0 bridgehead atoms.